The van der Waals surface area contributed by atoms with Crippen LogP contribution in [0, 0.1) is 0 Å². The second-order valence-electron chi connectivity index (χ2n) is 5.56. The number of nitrogens with zero attached hydrogens (tertiary/aromatic N) is 4. The van der Waals surface area contributed by atoms with Crippen LogP contribution in [0.4, 0.5) is 19.1 Å². The molecule has 1 N–H and O–H groups in total. The van der Waals surface area contributed by atoms with Gasteiger partial charge in [-0.3, -0.25) is 0 Å². The van der Waals surface area contributed by atoms with Crippen molar-refractivity contribution in [1.82, 2.24) is 20.2 Å². The molecule has 0 aliphatic carbocycles. The lowest BCUT2D eigenvalue weighted by Gasteiger charge is -2.30. The molecule has 1 atom stereocenters. The fourth-order valence-corrected chi connectivity index (χ4v) is 2.95. The Hall–Kier alpha value is -3.31. The molecule has 0 radical (unpaired) electrons. The summed E-state index contributed by atoms with van der Waals surface area (Å²) >= 11 is 0. The number of alkyl halides is 3. The molecule has 9 nitrogen and oxygen atoms in total. The van der Waals surface area contributed by atoms with Gasteiger partial charge < -0.3 is 19.5 Å². The van der Waals surface area contributed by atoms with Crippen LogP contribution in [-0.4, -0.2) is 53.2 Å². The lowest BCUT2D eigenvalue weighted by Crippen LogP contribution is -2.35. The number of hydrogen-bond acceptors (Lipinski definition) is 8. The van der Waals surface area contributed by atoms with Crippen molar-refractivity contribution in [2.45, 2.75) is 19.1 Å². The number of carbonyl (C=O) groups excluding carboxylic acids is 1. The number of aromatic nitrogens is 4. The van der Waals surface area contributed by atoms with Crippen LogP contribution in [0.5, 0.6) is 11.5 Å². The van der Waals surface area contributed by atoms with Gasteiger partial charge in [-0.1, -0.05) is 17.2 Å². The van der Waals surface area contributed by atoms with Crippen LogP contribution in [0.25, 0.3) is 0 Å². The number of fused-ring (bicyclic) bond motifs is 1. The predicted octanol–water partition coefficient (Wildman–Crippen LogP) is 2.08. The van der Waals surface area contributed by atoms with Gasteiger partial charge in [0.15, 0.2) is 11.5 Å². The molecule has 1 aromatic heterocycles. The monoisotopic (exact) mass is 399 g/mol. The van der Waals surface area contributed by atoms with Gasteiger partial charge in [0.2, 0.25) is 5.95 Å². The van der Waals surface area contributed by atoms with Crippen molar-refractivity contribution in [3.05, 3.63) is 35.0 Å². The molecule has 150 valence electrons. The molecular weight excluding hydrogens is 383 g/mol. The van der Waals surface area contributed by atoms with E-state index >= 15 is 0 Å². The van der Waals surface area contributed by atoms with E-state index in [9.17, 15) is 18.0 Å². The number of esters is 1. The molecule has 1 aliphatic heterocycles. The fourth-order valence-electron chi connectivity index (χ4n) is 2.95. The number of methoxy groups -OCH3 is 2. The summed E-state index contributed by atoms with van der Waals surface area (Å²) in [6.07, 6.45) is -4.89. The number of benzene rings is 1. The Balaban J connectivity index is 2.33. The predicted molar refractivity (Wildman–Crippen MR) is 88.8 cm³/mol. The topological polar surface area (TPSA) is 100 Å². The Morgan fingerprint density at radius 3 is 2.64 bits per heavy atom. The van der Waals surface area contributed by atoms with Gasteiger partial charge in [0, 0.05) is 5.56 Å². The highest BCUT2D eigenvalue weighted by molar-refractivity contribution is 5.93. The molecule has 0 fully saturated rings. The van der Waals surface area contributed by atoms with Crippen molar-refractivity contribution in [3.8, 4) is 11.5 Å². The van der Waals surface area contributed by atoms with E-state index in [0.717, 1.165) is 4.68 Å². The largest absolute Gasteiger partial charge is 0.493 e. The van der Waals surface area contributed by atoms with Gasteiger partial charge in [0.1, 0.15) is 11.7 Å². The summed E-state index contributed by atoms with van der Waals surface area (Å²) in [5.74, 6) is -1.03. The van der Waals surface area contributed by atoms with Crippen molar-refractivity contribution in [1.29, 1.82) is 0 Å². The van der Waals surface area contributed by atoms with Crippen LogP contribution in [0.15, 0.2) is 29.5 Å². The summed E-state index contributed by atoms with van der Waals surface area (Å²) in [6, 6.07) is 3.27. The number of hydrogen-bond donors (Lipinski definition) is 1. The summed E-state index contributed by atoms with van der Waals surface area (Å²) in [6.45, 7) is 1.38. The Labute approximate surface area is 157 Å². The molecule has 0 saturated heterocycles. The van der Waals surface area contributed by atoms with E-state index in [1.165, 1.54) is 27.2 Å². The summed E-state index contributed by atoms with van der Waals surface area (Å²) in [7, 11) is 2.72. The highest BCUT2D eigenvalue weighted by Gasteiger charge is 2.47. The SMILES string of the molecule is CCOC(=O)C1=C(C(F)(F)F)Nc2nnnn2[C@@H]1c1cccc(OC)c1OC. The number of nitrogens with one attached hydrogen (secondary N) is 1. The van der Waals surface area contributed by atoms with Gasteiger partial charge in [-0.25, -0.2) is 4.79 Å². The maximum Gasteiger partial charge on any atom is 0.431 e. The standard InChI is InChI=1S/C16H16F3N5O4/c1-4-28-14(25)10-11(8-6-5-7-9(26-2)12(8)27-3)24-15(21-22-23-24)20-13(10)16(17,18)19/h5-7,11H,4H2,1-3H3,(H,20,21,23)/t11-/m1/s1. The number of para-hydroxylation sites is 1. The normalized spacial score (nSPS) is 16.3. The van der Waals surface area contributed by atoms with Crippen molar-refractivity contribution < 1.29 is 32.2 Å². The molecule has 2 heterocycles. The van der Waals surface area contributed by atoms with Crippen molar-refractivity contribution in [2.75, 3.05) is 26.1 Å². The molecule has 12 heteroatoms. The van der Waals surface area contributed by atoms with Gasteiger partial charge in [0.25, 0.3) is 0 Å². The van der Waals surface area contributed by atoms with Crippen LogP contribution in [0.1, 0.15) is 18.5 Å². The van der Waals surface area contributed by atoms with Crippen LogP contribution < -0.4 is 14.8 Å². The Kier molecular flexibility index (Phi) is 5.12. The number of halogens is 3. The Morgan fingerprint density at radius 1 is 1.29 bits per heavy atom. The summed E-state index contributed by atoms with van der Waals surface area (Å²) < 4.78 is 57.7. The Morgan fingerprint density at radius 2 is 2.04 bits per heavy atom. The minimum Gasteiger partial charge on any atom is -0.493 e. The van der Waals surface area contributed by atoms with E-state index in [1.54, 1.807) is 12.1 Å². The van der Waals surface area contributed by atoms with E-state index in [2.05, 4.69) is 20.8 Å². The molecule has 3 rings (SSSR count). The van der Waals surface area contributed by atoms with Gasteiger partial charge >= 0.3 is 12.1 Å². The van der Waals surface area contributed by atoms with Crippen molar-refractivity contribution in [2.24, 2.45) is 0 Å². The van der Waals surface area contributed by atoms with Gasteiger partial charge in [-0.2, -0.15) is 17.9 Å². The Bertz CT molecular complexity index is 925. The molecular formula is C16H16F3N5O4. The van der Waals surface area contributed by atoms with E-state index in [1.807, 2.05) is 0 Å². The molecule has 1 aliphatic rings. The molecule has 28 heavy (non-hydrogen) atoms. The van der Waals surface area contributed by atoms with Crippen LogP contribution in [0.2, 0.25) is 0 Å². The summed E-state index contributed by atoms with van der Waals surface area (Å²) in [5, 5.41) is 12.8. The third kappa shape index (κ3) is 3.21. The first kappa shape index (κ1) is 19.5. The third-order valence-electron chi connectivity index (χ3n) is 4.02. The number of allylic oxidation sites excluding steroid dienone is 1. The van der Waals surface area contributed by atoms with Gasteiger partial charge in [-0.15, -0.1) is 0 Å². The molecule has 2 aromatic rings. The van der Waals surface area contributed by atoms with Crippen LogP contribution in [-0.2, 0) is 9.53 Å². The molecule has 0 spiro atoms. The maximum absolute atomic E-state index is 13.7. The summed E-state index contributed by atoms with van der Waals surface area (Å²) in [5.41, 5.74) is -1.80. The molecule has 0 amide bonds. The smallest absolute Gasteiger partial charge is 0.431 e. The first-order chi connectivity index (χ1) is 13.3. The molecule has 0 unspecified atom stereocenters. The number of rotatable bonds is 5. The number of carbonyl (C=O) groups is 1. The van der Waals surface area contributed by atoms with Crippen LogP contribution >= 0.6 is 0 Å². The zero-order chi connectivity index (χ0) is 20.5. The third-order valence-corrected chi connectivity index (χ3v) is 4.02. The fraction of sp³-hybridized carbons (Fsp3) is 0.375. The highest BCUT2D eigenvalue weighted by Crippen LogP contribution is 2.45. The molecule has 0 bridgehead atoms. The highest BCUT2D eigenvalue weighted by atomic mass is 19.4. The minimum absolute atomic E-state index is 0.113. The number of tetrazole rings is 1. The number of ether oxygens (including phenoxy) is 3. The first-order valence-electron chi connectivity index (χ1n) is 8.07. The van der Waals surface area contributed by atoms with E-state index in [0.29, 0.717) is 0 Å². The second-order valence-corrected chi connectivity index (χ2v) is 5.56. The van der Waals surface area contributed by atoms with Crippen molar-refractivity contribution in [3.63, 3.8) is 0 Å². The molecule has 1 aromatic carbocycles. The van der Waals surface area contributed by atoms with Gasteiger partial charge in [-0.05, 0) is 23.4 Å². The van der Waals surface area contributed by atoms with Gasteiger partial charge in [0.05, 0.1) is 26.4 Å². The van der Waals surface area contributed by atoms with Crippen LogP contribution in [0.3, 0.4) is 0 Å². The molecule has 0 saturated carbocycles. The zero-order valence-corrected chi connectivity index (χ0v) is 15.1. The summed E-state index contributed by atoms with van der Waals surface area (Å²) in [4.78, 5) is 12.6. The van der Waals surface area contributed by atoms with E-state index in [4.69, 9.17) is 14.2 Å². The zero-order valence-electron chi connectivity index (χ0n) is 15.1. The quantitative estimate of drug-likeness (QED) is 0.763. The van der Waals surface area contributed by atoms with E-state index in [-0.39, 0.29) is 29.6 Å². The number of anilines is 1. The lowest BCUT2D eigenvalue weighted by atomic mass is 9.94. The second kappa shape index (κ2) is 7.37. The minimum atomic E-state index is -4.89. The average molecular weight is 399 g/mol. The average Bonchev–Trinajstić information content (AvgIpc) is 3.13. The lowest BCUT2D eigenvalue weighted by molar-refractivity contribution is -0.140. The first-order valence-corrected chi connectivity index (χ1v) is 8.07. The van der Waals surface area contributed by atoms with E-state index < -0.39 is 29.5 Å². The van der Waals surface area contributed by atoms with Crippen molar-refractivity contribution >= 4 is 11.9 Å². The maximum atomic E-state index is 13.7.